The van der Waals surface area contributed by atoms with Crippen molar-refractivity contribution in [3.8, 4) is 0 Å². The number of aliphatic hydroxyl groups excluding tert-OH is 1. The van der Waals surface area contributed by atoms with E-state index in [-0.39, 0.29) is 18.8 Å². The minimum Gasteiger partial charge on any atom is -0.395 e. The summed E-state index contributed by atoms with van der Waals surface area (Å²) in [5.41, 5.74) is 0. The van der Waals surface area contributed by atoms with Gasteiger partial charge in [0.15, 0.2) is 0 Å². The maximum absolute atomic E-state index is 11.4. The quantitative estimate of drug-likeness (QED) is 0.684. The highest BCUT2D eigenvalue weighted by Crippen LogP contribution is 2.35. The number of ether oxygens (including phenoxy) is 1. The Morgan fingerprint density at radius 3 is 3.00 bits per heavy atom. The summed E-state index contributed by atoms with van der Waals surface area (Å²) >= 11 is 0. The Hall–Kier alpha value is -0.450. The molecule has 2 aliphatic rings. The molecular formula is C10H17NO3. The molecule has 0 spiro atoms. The molecule has 0 saturated carbocycles. The number of rotatable bonds is 3. The van der Waals surface area contributed by atoms with Gasteiger partial charge in [0.1, 0.15) is 5.78 Å². The minimum absolute atomic E-state index is 0.164. The standard InChI is InChI=1S/C10H17NO3/c1-14-10-5-7-4-8(13)6-9(10)11(7)2-3-12/h7,9-10,12H,2-6H2,1H3/t7-,9+,10-/m0/s1. The van der Waals surface area contributed by atoms with E-state index in [1.165, 1.54) is 0 Å². The number of ketones is 1. The molecule has 2 fully saturated rings. The van der Waals surface area contributed by atoms with E-state index in [0.29, 0.717) is 31.2 Å². The number of Topliss-reactive ketones (excluding diaryl/α,β-unsaturated/α-hetero) is 1. The number of piperidine rings is 1. The molecule has 80 valence electrons. The van der Waals surface area contributed by atoms with E-state index in [1.807, 2.05) is 0 Å². The molecule has 2 saturated heterocycles. The zero-order chi connectivity index (χ0) is 10.1. The van der Waals surface area contributed by atoms with Gasteiger partial charge < -0.3 is 9.84 Å². The van der Waals surface area contributed by atoms with Crippen LogP contribution >= 0.6 is 0 Å². The predicted octanol–water partition coefficient (Wildman–Crippen LogP) is -0.200. The van der Waals surface area contributed by atoms with E-state index in [0.717, 1.165) is 6.42 Å². The van der Waals surface area contributed by atoms with Crippen LogP contribution in [0.15, 0.2) is 0 Å². The number of methoxy groups -OCH3 is 1. The molecule has 2 heterocycles. The molecule has 2 bridgehead atoms. The zero-order valence-electron chi connectivity index (χ0n) is 8.48. The van der Waals surface area contributed by atoms with E-state index >= 15 is 0 Å². The number of hydrogen-bond acceptors (Lipinski definition) is 4. The van der Waals surface area contributed by atoms with Crippen molar-refractivity contribution in [1.82, 2.24) is 4.90 Å². The van der Waals surface area contributed by atoms with Crippen LogP contribution in [0.5, 0.6) is 0 Å². The van der Waals surface area contributed by atoms with Crippen LogP contribution < -0.4 is 0 Å². The molecule has 0 unspecified atom stereocenters. The van der Waals surface area contributed by atoms with Crippen molar-refractivity contribution in [3.05, 3.63) is 0 Å². The molecule has 0 aromatic rings. The first-order valence-corrected chi connectivity index (χ1v) is 5.17. The SMILES string of the molecule is CO[C@H]1C[C@@H]2CC(=O)C[C@H]1N2CCO. The van der Waals surface area contributed by atoms with Crippen LogP contribution in [0, 0.1) is 0 Å². The molecule has 0 radical (unpaired) electrons. The molecule has 0 aromatic carbocycles. The second-order valence-corrected chi connectivity index (χ2v) is 4.14. The van der Waals surface area contributed by atoms with Gasteiger partial charge in [-0.1, -0.05) is 0 Å². The Bertz CT molecular complexity index is 231. The molecule has 1 N–H and O–H groups in total. The molecule has 0 amide bonds. The average Bonchev–Trinajstić information content (AvgIpc) is 2.39. The number of fused-ring (bicyclic) bond motifs is 2. The zero-order valence-corrected chi connectivity index (χ0v) is 8.48. The van der Waals surface area contributed by atoms with Gasteiger partial charge in [-0.2, -0.15) is 0 Å². The summed E-state index contributed by atoms with van der Waals surface area (Å²) in [5, 5.41) is 8.94. The Kier molecular flexibility index (Phi) is 2.85. The van der Waals surface area contributed by atoms with Gasteiger partial charge in [-0.3, -0.25) is 9.69 Å². The lowest BCUT2D eigenvalue weighted by atomic mass is 10.0. The van der Waals surface area contributed by atoms with E-state index in [2.05, 4.69) is 4.90 Å². The van der Waals surface area contributed by atoms with Crippen LogP contribution in [-0.4, -0.2) is 54.2 Å². The molecule has 2 rings (SSSR count). The summed E-state index contributed by atoms with van der Waals surface area (Å²) in [4.78, 5) is 13.6. The number of aliphatic hydroxyl groups is 1. The van der Waals surface area contributed by atoms with Crippen LogP contribution in [0.3, 0.4) is 0 Å². The lowest BCUT2D eigenvalue weighted by molar-refractivity contribution is -0.124. The van der Waals surface area contributed by atoms with Gasteiger partial charge in [0.05, 0.1) is 12.7 Å². The van der Waals surface area contributed by atoms with Gasteiger partial charge in [0.2, 0.25) is 0 Å². The van der Waals surface area contributed by atoms with Gasteiger partial charge in [0.25, 0.3) is 0 Å². The summed E-state index contributed by atoms with van der Waals surface area (Å²) < 4.78 is 5.37. The van der Waals surface area contributed by atoms with Crippen LogP contribution in [0.2, 0.25) is 0 Å². The van der Waals surface area contributed by atoms with E-state index in [4.69, 9.17) is 9.84 Å². The molecule has 3 atom stereocenters. The highest BCUT2D eigenvalue weighted by atomic mass is 16.5. The largest absolute Gasteiger partial charge is 0.395 e. The summed E-state index contributed by atoms with van der Waals surface area (Å²) in [5.74, 6) is 0.341. The van der Waals surface area contributed by atoms with Crippen molar-refractivity contribution in [3.63, 3.8) is 0 Å². The molecule has 14 heavy (non-hydrogen) atoms. The predicted molar refractivity (Wildman–Crippen MR) is 51.0 cm³/mol. The monoisotopic (exact) mass is 199 g/mol. The maximum Gasteiger partial charge on any atom is 0.136 e. The average molecular weight is 199 g/mol. The number of hydrogen-bond donors (Lipinski definition) is 1. The van der Waals surface area contributed by atoms with Crippen LogP contribution in [0.1, 0.15) is 19.3 Å². The van der Waals surface area contributed by atoms with Crippen LogP contribution in [0.25, 0.3) is 0 Å². The van der Waals surface area contributed by atoms with Crippen molar-refractivity contribution in [2.24, 2.45) is 0 Å². The third-order valence-corrected chi connectivity index (χ3v) is 3.39. The number of carbonyl (C=O) groups excluding carboxylic acids is 1. The number of nitrogens with zero attached hydrogens (tertiary/aromatic N) is 1. The molecule has 0 aliphatic carbocycles. The highest BCUT2D eigenvalue weighted by molar-refractivity contribution is 5.81. The molecule has 4 heteroatoms. The summed E-state index contributed by atoms with van der Waals surface area (Å²) in [6.45, 7) is 0.833. The Morgan fingerprint density at radius 1 is 1.57 bits per heavy atom. The number of carbonyl (C=O) groups is 1. The lowest BCUT2D eigenvalue weighted by Gasteiger charge is -2.33. The first-order valence-electron chi connectivity index (χ1n) is 5.17. The molecular weight excluding hydrogens is 182 g/mol. The van der Waals surface area contributed by atoms with Crippen LogP contribution in [0.4, 0.5) is 0 Å². The van der Waals surface area contributed by atoms with Crippen molar-refractivity contribution in [2.75, 3.05) is 20.3 Å². The van der Waals surface area contributed by atoms with E-state index in [1.54, 1.807) is 7.11 Å². The van der Waals surface area contributed by atoms with Crippen molar-refractivity contribution in [2.45, 2.75) is 37.5 Å². The molecule has 0 aromatic heterocycles. The fourth-order valence-corrected chi connectivity index (χ4v) is 2.79. The topological polar surface area (TPSA) is 49.8 Å². The normalized spacial score (nSPS) is 37.9. The van der Waals surface area contributed by atoms with Crippen molar-refractivity contribution in [1.29, 1.82) is 0 Å². The fourth-order valence-electron chi connectivity index (χ4n) is 2.79. The van der Waals surface area contributed by atoms with E-state index in [9.17, 15) is 4.79 Å². The van der Waals surface area contributed by atoms with Gasteiger partial charge in [-0.05, 0) is 6.42 Å². The lowest BCUT2D eigenvalue weighted by Crippen LogP contribution is -2.46. The van der Waals surface area contributed by atoms with Crippen molar-refractivity contribution >= 4 is 5.78 Å². The van der Waals surface area contributed by atoms with Gasteiger partial charge in [0, 0.05) is 38.6 Å². The van der Waals surface area contributed by atoms with E-state index < -0.39 is 0 Å². The Balaban J connectivity index is 2.10. The fraction of sp³-hybridized carbons (Fsp3) is 0.900. The van der Waals surface area contributed by atoms with Crippen LogP contribution in [-0.2, 0) is 9.53 Å². The summed E-state index contributed by atoms with van der Waals surface area (Å²) in [7, 11) is 1.70. The second-order valence-electron chi connectivity index (χ2n) is 4.14. The minimum atomic E-state index is 0.164. The highest BCUT2D eigenvalue weighted by Gasteiger charge is 2.46. The van der Waals surface area contributed by atoms with Gasteiger partial charge >= 0.3 is 0 Å². The second kappa shape index (κ2) is 3.96. The maximum atomic E-state index is 11.4. The Morgan fingerprint density at radius 2 is 2.36 bits per heavy atom. The Labute approximate surface area is 83.8 Å². The molecule has 2 aliphatic heterocycles. The molecule has 4 nitrogen and oxygen atoms in total. The summed E-state index contributed by atoms with van der Waals surface area (Å²) in [6, 6.07) is 0.511. The third kappa shape index (κ3) is 1.58. The first kappa shape index (κ1) is 10.1. The smallest absolute Gasteiger partial charge is 0.136 e. The van der Waals surface area contributed by atoms with Gasteiger partial charge in [-0.25, -0.2) is 0 Å². The third-order valence-electron chi connectivity index (χ3n) is 3.39. The van der Waals surface area contributed by atoms with Crippen molar-refractivity contribution < 1.29 is 14.6 Å². The van der Waals surface area contributed by atoms with Gasteiger partial charge in [-0.15, -0.1) is 0 Å². The first-order chi connectivity index (χ1) is 6.76. The summed E-state index contributed by atoms with van der Waals surface area (Å²) in [6.07, 6.45) is 2.34.